The Morgan fingerprint density at radius 1 is 0.968 bits per heavy atom. The van der Waals surface area contributed by atoms with Gasteiger partial charge < -0.3 is 19.4 Å². The SMILES string of the molecule is CCC(C)N1N=CN(c2ccc(N3CCN(c4ccc(OC)cc4)CC3)cc2)C1C=O. The maximum atomic E-state index is 11.7. The van der Waals surface area contributed by atoms with Gasteiger partial charge >= 0.3 is 0 Å². The molecule has 0 radical (unpaired) electrons. The summed E-state index contributed by atoms with van der Waals surface area (Å²) in [6.45, 7) is 8.08. The summed E-state index contributed by atoms with van der Waals surface area (Å²) in [5, 5.41) is 6.33. The van der Waals surface area contributed by atoms with E-state index in [9.17, 15) is 4.79 Å². The average Bonchev–Trinajstić information content (AvgIpc) is 3.28. The fourth-order valence-corrected chi connectivity index (χ4v) is 4.14. The van der Waals surface area contributed by atoms with Gasteiger partial charge in [0, 0.05) is 49.3 Å². The van der Waals surface area contributed by atoms with Crippen molar-refractivity contribution in [1.29, 1.82) is 0 Å². The lowest BCUT2D eigenvalue weighted by Crippen LogP contribution is -2.46. The molecule has 1 fully saturated rings. The molecule has 0 amide bonds. The lowest BCUT2D eigenvalue weighted by atomic mass is 10.2. The van der Waals surface area contributed by atoms with Crippen LogP contribution in [-0.2, 0) is 4.79 Å². The third-order valence-electron chi connectivity index (χ3n) is 6.26. The van der Waals surface area contributed by atoms with Crippen molar-refractivity contribution in [3.8, 4) is 5.75 Å². The van der Waals surface area contributed by atoms with Gasteiger partial charge in [-0.25, -0.2) is 0 Å². The standard InChI is InChI=1S/C24H31N5O2/c1-4-19(2)29-24(17-30)28(18-25-29)22-7-5-20(6-8-22)26-13-15-27(16-14-26)21-9-11-23(31-3)12-10-21/h5-12,17-19,24H,4,13-16H2,1-3H3. The minimum atomic E-state index is -0.381. The second-order valence-electron chi connectivity index (χ2n) is 8.01. The number of aldehydes is 1. The number of anilines is 3. The lowest BCUT2D eigenvalue weighted by Gasteiger charge is -2.37. The van der Waals surface area contributed by atoms with E-state index in [2.05, 4.69) is 65.1 Å². The number of piperazine rings is 1. The average molecular weight is 422 g/mol. The Morgan fingerprint density at radius 2 is 1.48 bits per heavy atom. The zero-order valence-electron chi connectivity index (χ0n) is 18.5. The Hall–Kier alpha value is -3.22. The Morgan fingerprint density at radius 3 is 1.97 bits per heavy atom. The largest absolute Gasteiger partial charge is 0.497 e. The molecule has 1 saturated heterocycles. The van der Waals surface area contributed by atoms with E-state index in [1.807, 2.05) is 22.0 Å². The molecule has 164 valence electrons. The van der Waals surface area contributed by atoms with E-state index in [-0.39, 0.29) is 12.2 Å². The van der Waals surface area contributed by atoms with Crippen LogP contribution in [0.1, 0.15) is 20.3 Å². The molecule has 31 heavy (non-hydrogen) atoms. The molecule has 2 aliphatic heterocycles. The molecule has 0 spiro atoms. The normalized spacial score (nSPS) is 19.6. The van der Waals surface area contributed by atoms with Crippen molar-refractivity contribution in [2.45, 2.75) is 32.5 Å². The molecule has 2 aromatic carbocycles. The Bertz CT molecular complexity index is 891. The van der Waals surface area contributed by atoms with Crippen LogP contribution in [0.2, 0.25) is 0 Å². The fourth-order valence-electron chi connectivity index (χ4n) is 4.14. The highest BCUT2D eigenvalue weighted by Crippen LogP contribution is 2.27. The van der Waals surface area contributed by atoms with E-state index in [1.54, 1.807) is 13.4 Å². The van der Waals surface area contributed by atoms with Crippen LogP contribution in [0.3, 0.4) is 0 Å². The number of benzene rings is 2. The van der Waals surface area contributed by atoms with Crippen molar-refractivity contribution in [1.82, 2.24) is 5.01 Å². The summed E-state index contributed by atoms with van der Waals surface area (Å²) in [5.74, 6) is 0.884. The highest BCUT2D eigenvalue weighted by molar-refractivity contribution is 5.88. The monoisotopic (exact) mass is 421 g/mol. The molecule has 4 rings (SSSR count). The zero-order chi connectivity index (χ0) is 21.8. The van der Waals surface area contributed by atoms with E-state index in [1.165, 1.54) is 11.4 Å². The van der Waals surface area contributed by atoms with Gasteiger partial charge in [0.2, 0.25) is 0 Å². The molecule has 2 heterocycles. The quantitative estimate of drug-likeness (QED) is 0.639. The smallest absolute Gasteiger partial charge is 0.180 e. The number of hydrogen-bond donors (Lipinski definition) is 0. The van der Waals surface area contributed by atoms with Crippen LogP contribution in [0.15, 0.2) is 53.6 Å². The van der Waals surface area contributed by atoms with E-state index >= 15 is 0 Å². The highest BCUT2D eigenvalue weighted by Gasteiger charge is 2.31. The first-order valence-corrected chi connectivity index (χ1v) is 10.9. The third-order valence-corrected chi connectivity index (χ3v) is 6.26. The van der Waals surface area contributed by atoms with Crippen molar-refractivity contribution in [3.05, 3.63) is 48.5 Å². The number of carbonyl (C=O) groups excluding carboxylic acids is 1. The lowest BCUT2D eigenvalue weighted by molar-refractivity contribution is -0.112. The topological polar surface area (TPSA) is 51.6 Å². The molecule has 0 aliphatic carbocycles. The van der Waals surface area contributed by atoms with Gasteiger partial charge in [-0.2, -0.15) is 5.10 Å². The number of carbonyl (C=O) groups is 1. The molecule has 2 aromatic rings. The first kappa shape index (κ1) is 21.0. The van der Waals surface area contributed by atoms with Crippen LogP contribution in [0.5, 0.6) is 5.75 Å². The summed E-state index contributed by atoms with van der Waals surface area (Å²) in [5.41, 5.74) is 3.41. The van der Waals surface area contributed by atoms with Crippen molar-refractivity contribution in [2.75, 3.05) is 48.0 Å². The Kier molecular flexibility index (Phi) is 6.30. The molecular weight excluding hydrogens is 390 g/mol. The van der Waals surface area contributed by atoms with E-state index in [4.69, 9.17) is 4.74 Å². The van der Waals surface area contributed by atoms with Crippen molar-refractivity contribution in [3.63, 3.8) is 0 Å². The zero-order valence-corrected chi connectivity index (χ0v) is 18.5. The van der Waals surface area contributed by atoms with Gasteiger partial charge in [-0.3, -0.25) is 9.80 Å². The van der Waals surface area contributed by atoms with E-state index in [0.717, 1.165) is 50.3 Å². The number of hydrogen-bond acceptors (Lipinski definition) is 7. The van der Waals surface area contributed by atoms with Gasteiger partial charge in [-0.05, 0) is 61.9 Å². The molecule has 7 heteroatoms. The van der Waals surface area contributed by atoms with Crippen LogP contribution in [0, 0.1) is 0 Å². The molecule has 0 saturated carbocycles. The number of methoxy groups -OCH3 is 1. The van der Waals surface area contributed by atoms with Crippen LogP contribution in [0.25, 0.3) is 0 Å². The molecule has 0 N–H and O–H groups in total. The predicted molar refractivity (Wildman–Crippen MR) is 126 cm³/mol. The molecule has 0 bridgehead atoms. The van der Waals surface area contributed by atoms with Crippen LogP contribution < -0.4 is 19.4 Å². The van der Waals surface area contributed by atoms with Gasteiger partial charge in [0.25, 0.3) is 0 Å². The number of nitrogens with zero attached hydrogens (tertiary/aromatic N) is 5. The maximum absolute atomic E-state index is 11.7. The van der Waals surface area contributed by atoms with E-state index < -0.39 is 0 Å². The van der Waals surface area contributed by atoms with Gasteiger partial charge in [0.15, 0.2) is 12.5 Å². The molecule has 0 aromatic heterocycles. The predicted octanol–water partition coefficient (Wildman–Crippen LogP) is 3.41. The summed E-state index contributed by atoms with van der Waals surface area (Å²) in [7, 11) is 1.69. The summed E-state index contributed by atoms with van der Waals surface area (Å²) in [6.07, 6.45) is 3.28. The van der Waals surface area contributed by atoms with Crippen LogP contribution >= 0.6 is 0 Å². The summed E-state index contributed by atoms with van der Waals surface area (Å²) in [4.78, 5) is 18.5. The number of ether oxygens (including phenoxy) is 1. The van der Waals surface area contributed by atoms with Gasteiger partial charge in [-0.1, -0.05) is 6.92 Å². The first-order chi connectivity index (χ1) is 15.1. The van der Waals surface area contributed by atoms with E-state index in [0.29, 0.717) is 0 Å². The third kappa shape index (κ3) is 4.31. The van der Waals surface area contributed by atoms with Gasteiger partial charge in [0.1, 0.15) is 12.1 Å². The maximum Gasteiger partial charge on any atom is 0.180 e. The van der Waals surface area contributed by atoms with Gasteiger partial charge in [-0.15, -0.1) is 0 Å². The molecular formula is C24H31N5O2. The second-order valence-corrected chi connectivity index (χ2v) is 8.01. The molecule has 7 nitrogen and oxygen atoms in total. The number of rotatable bonds is 7. The highest BCUT2D eigenvalue weighted by atomic mass is 16.5. The fraction of sp³-hybridized carbons (Fsp3) is 0.417. The summed E-state index contributed by atoms with van der Waals surface area (Å²) >= 11 is 0. The molecule has 2 atom stereocenters. The molecule has 2 aliphatic rings. The Labute approximate surface area is 184 Å². The summed E-state index contributed by atoms with van der Waals surface area (Å²) in [6, 6.07) is 16.9. The minimum absolute atomic E-state index is 0.220. The Balaban J connectivity index is 1.38. The first-order valence-electron chi connectivity index (χ1n) is 10.9. The van der Waals surface area contributed by atoms with Crippen molar-refractivity contribution >= 4 is 29.7 Å². The van der Waals surface area contributed by atoms with Crippen LogP contribution in [0.4, 0.5) is 17.1 Å². The number of hydrazone groups is 1. The van der Waals surface area contributed by atoms with Crippen molar-refractivity contribution in [2.24, 2.45) is 5.10 Å². The second kappa shape index (κ2) is 9.29. The summed E-state index contributed by atoms with van der Waals surface area (Å²) < 4.78 is 5.25. The minimum Gasteiger partial charge on any atom is -0.497 e. The van der Waals surface area contributed by atoms with Crippen LogP contribution in [-0.4, -0.2) is 63.1 Å². The van der Waals surface area contributed by atoms with Crippen molar-refractivity contribution < 1.29 is 9.53 Å². The van der Waals surface area contributed by atoms with Gasteiger partial charge in [0.05, 0.1) is 7.11 Å². The molecule has 2 unspecified atom stereocenters.